The Balaban J connectivity index is 1.80. The van der Waals surface area contributed by atoms with Gasteiger partial charge >= 0.3 is 0 Å². The number of rotatable bonds is 7. The van der Waals surface area contributed by atoms with Crippen LogP contribution in [0.4, 0.5) is 20.2 Å². The van der Waals surface area contributed by atoms with Crippen molar-refractivity contribution in [3.05, 3.63) is 94.6 Å². The van der Waals surface area contributed by atoms with Gasteiger partial charge in [0.2, 0.25) is 5.91 Å². The number of nitrogens with zero attached hydrogens (tertiary/aromatic N) is 1. The summed E-state index contributed by atoms with van der Waals surface area (Å²) in [7, 11) is 1.47. The van der Waals surface area contributed by atoms with Crippen molar-refractivity contribution in [2.24, 2.45) is 5.73 Å². The fourth-order valence-electron chi connectivity index (χ4n) is 5.62. The first-order valence-corrected chi connectivity index (χ1v) is 14.0. The number of hydrogen-bond acceptors (Lipinski definition) is 5. The Morgan fingerprint density at radius 2 is 1.70 bits per heavy atom. The monoisotopic (exact) mass is 598 g/mol. The molecule has 0 saturated carbocycles. The highest BCUT2D eigenvalue weighted by atomic mass is 19.1. The summed E-state index contributed by atoms with van der Waals surface area (Å²) < 4.78 is 30.7. The van der Waals surface area contributed by atoms with E-state index in [-0.39, 0.29) is 34.5 Å². The maximum Gasteiger partial charge on any atom is 0.267 e. The van der Waals surface area contributed by atoms with Gasteiger partial charge in [-0.05, 0) is 67.8 Å². The standard InChI is InChI=1S/C34H32F2N4O4/c1-6-27(41)40(33(43)21-10-7-11-23(35)30(21)38-5)26-12-8-9-19(17(26)2)28-24(36)16-22(32(37)42)31-29(28)20-14-13-18(34(3,4)44)15-25(20)39-31/h7-16,38-39,44H,6H2,1-5H3,(H2,37,42). The average molecular weight is 599 g/mol. The van der Waals surface area contributed by atoms with Crippen molar-refractivity contribution >= 4 is 50.9 Å². The van der Waals surface area contributed by atoms with E-state index in [9.17, 15) is 23.9 Å². The molecule has 0 spiro atoms. The number of aliphatic hydroxyl groups is 1. The lowest BCUT2D eigenvalue weighted by atomic mass is 9.91. The minimum atomic E-state index is -1.16. The molecule has 0 aliphatic rings. The summed E-state index contributed by atoms with van der Waals surface area (Å²) in [4.78, 5) is 43.7. The Kier molecular flexibility index (Phi) is 7.73. The molecule has 0 fully saturated rings. The molecule has 1 heterocycles. The van der Waals surface area contributed by atoms with E-state index in [4.69, 9.17) is 5.73 Å². The molecule has 0 radical (unpaired) electrons. The van der Waals surface area contributed by atoms with Gasteiger partial charge in [-0.15, -0.1) is 0 Å². The predicted molar refractivity (Wildman–Crippen MR) is 168 cm³/mol. The van der Waals surface area contributed by atoms with Crippen molar-refractivity contribution in [1.82, 2.24) is 4.98 Å². The van der Waals surface area contributed by atoms with E-state index in [1.54, 1.807) is 64.1 Å². The first-order valence-electron chi connectivity index (χ1n) is 14.0. The van der Waals surface area contributed by atoms with Crippen LogP contribution >= 0.6 is 0 Å². The summed E-state index contributed by atoms with van der Waals surface area (Å²) >= 11 is 0. The van der Waals surface area contributed by atoms with E-state index in [1.165, 1.54) is 25.2 Å². The van der Waals surface area contributed by atoms with Crippen LogP contribution in [0, 0.1) is 18.6 Å². The molecule has 0 bridgehead atoms. The highest BCUT2D eigenvalue weighted by Gasteiger charge is 2.30. The van der Waals surface area contributed by atoms with Gasteiger partial charge in [0.15, 0.2) is 0 Å². The predicted octanol–water partition coefficient (Wildman–Crippen LogP) is 6.53. The van der Waals surface area contributed by atoms with Crippen LogP contribution in [-0.4, -0.2) is 34.9 Å². The average Bonchev–Trinajstić information content (AvgIpc) is 3.35. The lowest BCUT2D eigenvalue weighted by Crippen LogP contribution is -2.37. The summed E-state index contributed by atoms with van der Waals surface area (Å²) in [6.45, 7) is 6.54. The molecular formula is C34H32F2N4O4. The van der Waals surface area contributed by atoms with Crippen LogP contribution < -0.4 is 16.0 Å². The van der Waals surface area contributed by atoms with Gasteiger partial charge in [0.05, 0.1) is 33.6 Å². The molecule has 10 heteroatoms. The molecule has 0 aliphatic carbocycles. The number of anilines is 2. The number of nitrogens with two attached hydrogens (primary N) is 1. The van der Waals surface area contributed by atoms with Gasteiger partial charge in [-0.3, -0.25) is 14.4 Å². The Bertz CT molecular complexity index is 1990. The van der Waals surface area contributed by atoms with Crippen LogP contribution in [0.15, 0.2) is 60.7 Å². The second-order valence-electron chi connectivity index (χ2n) is 11.1. The van der Waals surface area contributed by atoms with Gasteiger partial charge in [0.1, 0.15) is 11.6 Å². The smallest absolute Gasteiger partial charge is 0.267 e. The number of para-hydroxylation sites is 1. The molecule has 5 rings (SSSR count). The van der Waals surface area contributed by atoms with Gasteiger partial charge in [0.25, 0.3) is 11.8 Å². The maximum atomic E-state index is 16.1. The molecule has 0 saturated heterocycles. The molecule has 0 aliphatic heterocycles. The largest absolute Gasteiger partial charge is 0.386 e. The number of benzene rings is 4. The van der Waals surface area contributed by atoms with Crippen LogP contribution in [0.3, 0.4) is 0 Å². The van der Waals surface area contributed by atoms with E-state index in [1.807, 2.05) is 0 Å². The summed E-state index contributed by atoms with van der Waals surface area (Å²) in [5.74, 6) is -3.51. The molecule has 5 N–H and O–H groups in total. The normalized spacial score (nSPS) is 11.6. The summed E-state index contributed by atoms with van der Waals surface area (Å²) in [5.41, 5.74) is 6.87. The van der Waals surface area contributed by atoms with Crippen LogP contribution in [-0.2, 0) is 10.4 Å². The highest BCUT2D eigenvalue weighted by Crippen LogP contribution is 2.42. The summed E-state index contributed by atoms with van der Waals surface area (Å²) in [6, 6.07) is 15.1. The van der Waals surface area contributed by atoms with Crippen LogP contribution in [0.25, 0.3) is 32.9 Å². The number of carbonyl (C=O) groups excluding carboxylic acids is 3. The Morgan fingerprint density at radius 1 is 1.00 bits per heavy atom. The number of aromatic nitrogens is 1. The number of carbonyl (C=O) groups is 3. The fraction of sp³-hybridized carbons (Fsp3) is 0.206. The number of primary amides is 1. The zero-order valence-corrected chi connectivity index (χ0v) is 24.9. The molecule has 0 atom stereocenters. The lowest BCUT2D eigenvalue weighted by molar-refractivity contribution is -0.117. The zero-order chi connectivity index (χ0) is 32.1. The third-order valence-electron chi connectivity index (χ3n) is 7.86. The van der Waals surface area contributed by atoms with Gasteiger partial charge in [-0.25, -0.2) is 13.7 Å². The number of imide groups is 1. The first-order chi connectivity index (χ1) is 20.8. The van der Waals surface area contributed by atoms with Crippen molar-refractivity contribution in [2.45, 2.75) is 39.7 Å². The number of H-pyrrole nitrogens is 1. The van der Waals surface area contributed by atoms with Crippen molar-refractivity contribution in [3.63, 3.8) is 0 Å². The van der Waals surface area contributed by atoms with Crippen LogP contribution in [0.5, 0.6) is 0 Å². The second kappa shape index (κ2) is 11.2. The van der Waals surface area contributed by atoms with Gasteiger partial charge in [-0.1, -0.05) is 37.3 Å². The molecule has 4 aromatic carbocycles. The SMILES string of the molecule is CCC(=O)N(C(=O)c1cccc(F)c1NC)c1cccc(-c2c(F)cc(C(N)=O)c3[nH]c4cc(C(C)(C)O)ccc4c23)c1C. The third-order valence-corrected chi connectivity index (χ3v) is 7.86. The number of nitrogens with one attached hydrogen (secondary N) is 2. The Hall–Kier alpha value is -5.09. The zero-order valence-electron chi connectivity index (χ0n) is 24.9. The molecule has 8 nitrogen and oxygen atoms in total. The number of amides is 3. The second-order valence-corrected chi connectivity index (χ2v) is 11.1. The molecule has 1 aromatic heterocycles. The minimum absolute atomic E-state index is 0.0302. The van der Waals surface area contributed by atoms with E-state index >= 15 is 4.39 Å². The quantitative estimate of drug-likeness (QED) is 0.169. The molecule has 3 amide bonds. The molecule has 0 unspecified atom stereocenters. The van der Waals surface area contributed by atoms with Crippen LogP contribution in [0.2, 0.25) is 0 Å². The highest BCUT2D eigenvalue weighted by molar-refractivity contribution is 6.24. The van der Waals surface area contributed by atoms with E-state index in [0.717, 1.165) is 11.0 Å². The molecular weight excluding hydrogens is 566 g/mol. The third kappa shape index (κ3) is 4.97. The molecule has 226 valence electrons. The van der Waals surface area contributed by atoms with Gasteiger partial charge in [0, 0.05) is 35.3 Å². The van der Waals surface area contributed by atoms with Gasteiger partial charge < -0.3 is 21.1 Å². The number of hydrogen-bond donors (Lipinski definition) is 4. The first kappa shape index (κ1) is 30.4. The number of halogens is 2. The van der Waals surface area contributed by atoms with E-state index in [2.05, 4.69) is 10.3 Å². The summed E-state index contributed by atoms with van der Waals surface area (Å²) in [5, 5.41) is 14.2. The molecule has 44 heavy (non-hydrogen) atoms. The minimum Gasteiger partial charge on any atom is -0.386 e. The van der Waals surface area contributed by atoms with Crippen molar-refractivity contribution < 1.29 is 28.3 Å². The van der Waals surface area contributed by atoms with Crippen LogP contribution in [0.1, 0.15) is 59.0 Å². The Morgan fingerprint density at radius 3 is 2.34 bits per heavy atom. The van der Waals surface area contributed by atoms with E-state index < -0.39 is 35.0 Å². The number of aromatic amines is 1. The number of fused-ring (bicyclic) bond motifs is 3. The fourth-order valence-corrected chi connectivity index (χ4v) is 5.62. The van der Waals surface area contributed by atoms with Gasteiger partial charge in [-0.2, -0.15) is 0 Å². The van der Waals surface area contributed by atoms with Crippen molar-refractivity contribution in [1.29, 1.82) is 0 Å². The Labute approximate surface area is 252 Å². The lowest BCUT2D eigenvalue weighted by Gasteiger charge is -2.25. The maximum absolute atomic E-state index is 16.1. The molecule has 5 aromatic rings. The summed E-state index contributed by atoms with van der Waals surface area (Å²) in [6.07, 6.45) is -0.0302. The van der Waals surface area contributed by atoms with Crippen molar-refractivity contribution in [2.75, 3.05) is 17.3 Å². The van der Waals surface area contributed by atoms with E-state index in [0.29, 0.717) is 38.5 Å². The topological polar surface area (TPSA) is 129 Å². The van der Waals surface area contributed by atoms with Crippen molar-refractivity contribution in [3.8, 4) is 11.1 Å².